The highest BCUT2D eigenvalue weighted by Crippen LogP contribution is 2.05. The summed E-state index contributed by atoms with van der Waals surface area (Å²) in [5.74, 6) is -6.19. The van der Waals surface area contributed by atoms with Gasteiger partial charge in [-0.15, -0.1) is 0 Å². The van der Waals surface area contributed by atoms with Gasteiger partial charge in [0, 0.05) is 6.42 Å². The highest BCUT2D eigenvalue weighted by Gasteiger charge is 2.31. The highest BCUT2D eigenvalue weighted by molar-refractivity contribution is 7.98. The van der Waals surface area contributed by atoms with Gasteiger partial charge in [-0.25, -0.2) is 4.79 Å². The molecule has 0 aromatic heterocycles. The third-order valence-corrected chi connectivity index (χ3v) is 4.73. The first kappa shape index (κ1) is 29.1. The number of thioether (sulfide) groups is 1. The number of carboxylic acids is 2. The van der Waals surface area contributed by atoms with Crippen LogP contribution in [0, 0.1) is 0 Å². The van der Waals surface area contributed by atoms with Crippen molar-refractivity contribution in [2.75, 3.05) is 18.6 Å². The molecule has 0 aliphatic carbocycles. The third kappa shape index (κ3) is 11.5. The van der Waals surface area contributed by atoms with Crippen LogP contribution in [0.5, 0.6) is 0 Å². The number of aliphatic hydroxyl groups excluding tert-OH is 1. The van der Waals surface area contributed by atoms with Gasteiger partial charge in [0.05, 0.1) is 13.0 Å². The first-order valence-corrected chi connectivity index (χ1v) is 10.8. The number of nitrogens with two attached hydrogens (primary N) is 2. The molecule has 0 aromatic rings. The molecule has 15 heteroatoms. The van der Waals surface area contributed by atoms with E-state index in [0.717, 1.165) is 0 Å². The van der Waals surface area contributed by atoms with Crippen LogP contribution in [-0.4, -0.2) is 93.7 Å². The SMILES string of the molecule is CSCCC(NC(=O)C(CC(=O)O)NC(=O)C(CCC(N)=O)NC(=O)C(N)CO)C(=O)O. The molecule has 0 bridgehead atoms. The predicted molar refractivity (Wildman–Crippen MR) is 112 cm³/mol. The molecule has 4 unspecified atom stereocenters. The molecule has 4 atom stereocenters. The van der Waals surface area contributed by atoms with Gasteiger partial charge in [-0.2, -0.15) is 11.8 Å². The van der Waals surface area contributed by atoms with E-state index in [1.807, 2.05) is 0 Å². The molecule has 0 aliphatic heterocycles. The molecule has 182 valence electrons. The predicted octanol–water partition coefficient (Wildman–Crippen LogP) is -3.66. The molecule has 0 rings (SSSR count). The average molecular weight is 480 g/mol. The number of carbonyl (C=O) groups excluding carboxylic acids is 4. The Morgan fingerprint density at radius 3 is 1.88 bits per heavy atom. The Kier molecular flexibility index (Phi) is 13.6. The summed E-state index contributed by atoms with van der Waals surface area (Å²) in [6, 6.07) is -5.78. The van der Waals surface area contributed by atoms with Crippen LogP contribution in [0.2, 0.25) is 0 Å². The Hall–Kier alpha value is -2.91. The van der Waals surface area contributed by atoms with Crippen LogP contribution in [0.15, 0.2) is 0 Å². The van der Waals surface area contributed by atoms with Crippen molar-refractivity contribution in [1.82, 2.24) is 16.0 Å². The second-order valence-electron chi connectivity index (χ2n) is 6.70. The summed E-state index contributed by atoms with van der Waals surface area (Å²) in [4.78, 5) is 70.6. The van der Waals surface area contributed by atoms with Crippen molar-refractivity contribution < 1.29 is 44.1 Å². The molecule has 0 saturated heterocycles. The molecule has 10 N–H and O–H groups in total. The minimum atomic E-state index is -1.67. The number of nitrogens with one attached hydrogen (secondary N) is 3. The lowest BCUT2D eigenvalue weighted by Gasteiger charge is -2.24. The largest absolute Gasteiger partial charge is 0.481 e. The van der Waals surface area contributed by atoms with E-state index >= 15 is 0 Å². The van der Waals surface area contributed by atoms with E-state index in [0.29, 0.717) is 5.75 Å². The second kappa shape index (κ2) is 15.0. The molecule has 4 amide bonds. The summed E-state index contributed by atoms with van der Waals surface area (Å²) >= 11 is 1.34. The molecule has 0 spiro atoms. The first-order chi connectivity index (χ1) is 14.9. The highest BCUT2D eigenvalue weighted by atomic mass is 32.2. The van der Waals surface area contributed by atoms with Crippen molar-refractivity contribution in [2.24, 2.45) is 11.5 Å². The topological polar surface area (TPSA) is 251 Å². The van der Waals surface area contributed by atoms with Crippen molar-refractivity contribution in [1.29, 1.82) is 0 Å². The standard InChI is InChI=1S/C17H29N5O9S/c1-32-5-4-10(17(30)31)21-16(29)11(6-13(25)26)22-15(28)9(2-3-12(19)24)20-14(27)8(18)7-23/h8-11,23H,2-7,18H2,1H3,(H2,19,24)(H,20,27)(H,21,29)(H,22,28)(H,25,26)(H,30,31). The lowest BCUT2D eigenvalue weighted by atomic mass is 10.1. The van der Waals surface area contributed by atoms with Crippen LogP contribution in [0.25, 0.3) is 0 Å². The Morgan fingerprint density at radius 2 is 1.41 bits per heavy atom. The maximum absolute atomic E-state index is 12.6. The fourth-order valence-corrected chi connectivity index (χ4v) is 2.81. The maximum atomic E-state index is 12.6. The van der Waals surface area contributed by atoms with Crippen molar-refractivity contribution in [3.05, 3.63) is 0 Å². The fraction of sp³-hybridized carbons (Fsp3) is 0.647. The Bertz CT molecular complexity index is 706. The van der Waals surface area contributed by atoms with Crippen LogP contribution in [0.3, 0.4) is 0 Å². The van der Waals surface area contributed by atoms with E-state index in [-0.39, 0.29) is 19.3 Å². The number of hydrogen-bond donors (Lipinski definition) is 8. The van der Waals surface area contributed by atoms with Gasteiger partial charge in [0.1, 0.15) is 24.2 Å². The van der Waals surface area contributed by atoms with E-state index in [1.165, 1.54) is 11.8 Å². The quantitative estimate of drug-likeness (QED) is 0.107. The molecular weight excluding hydrogens is 450 g/mol. The Labute approximate surface area is 187 Å². The summed E-state index contributed by atoms with van der Waals surface area (Å²) in [6.45, 7) is -0.730. The van der Waals surface area contributed by atoms with Gasteiger partial charge in [-0.3, -0.25) is 24.0 Å². The molecular formula is C17H29N5O9S. The minimum absolute atomic E-state index is 0.0618. The monoisotopic (exact) mass is 479 g/mol. The van der Waals surface area contributed by atoms with E-state index in [2.05, 4.69) is 16.0 Å². The van der Waals surface area contributed by atoms with Crippen molar-refractivity contribution >= 4 is 47.3 Å². The number of carbonyl (C=O) groups is 6. The number of rotatable bonds is 16. The second-order valence-corrected chi connectivity index (χ2v) is 7.68. The number of hydrogen-bond acceptors (Lipinski definition) is 9. The molecule has 14 nitrogen and oxygen atoms in total. The lowest BCUT2D eigenvalue weighted by Crippen LogP contribution is -2.58. The van der Waals surface area contributed by atoms with Gasteiger partial charge in [0.25, 0.3) is 0 Å². The molecule has 0 radical (unpaired) electrons. The van der Waals surface area contributed by atoms with Gasteiger partial charge in [-0.05, 0) is 24.9 Å². The van der Waals surface area contributed by atoms with Gasteiger partial charge in [-0.1, -0.05) is 0 Å². The average Bonchev–Trinajstić information content (AvgIpc) is 2.71. The summed E-state index contributed by atoms with van der Waals surface area (Å²) in [5.41, 5.74) is 10.4. The van der Waals surface area contributed by atoms with Crippen molar-refractivity contribution in [3.8, 4) is 0 Å². The Morgan fingerprint density at radius 1 is 0.875 bits per heavy atom. The van der Waals surface area contributed by atoms with E-state index in [4.69, 9.17) is 21.7 Å². The van der Waals surface area contributed by atoms with Crippen LogP contribution in [0.1, 0.15) is 25.7 Å². The lowest BCUT2D eigenvalue weighted by molar-refractivity contribution is -0.143. The minimum Gasteiger partial charge on any atom is -0.481 e. The number of primary amides is 1. The van der Waals surface area contributed by atoms with Gasteiger partial charge >= 0.3 is 11.9 Å². The summed E-state index contributed by atoms with van der Waals surface area (Å²) in [7, 11) is 0. The number of aliphatic hydroxyl groups is 1. The maximum Gasteiger partial charge on any atom is 0.326 e. The third-order valence-electron chi connectivity index (χ3n) is 4.08. The smallest absolute Gasteiger partial charge is 0.326 e. The molecule has 0 saturated carbocycles. The van der Waals surface area contributed by atoms with Crippen molar-refractivity contribution in [3.63, 3.8) is 0 Å². The molecule has 0 heterocycles. The van der Waals surface area contributed by atoms with Gasteiger partial charge < -0.3 is 42.7 Å². The van der Waals surface area contributed by atoms with Crippen LogP contribution < -0.4 is 27.4 Å². The van der Waals surface area contributed by atoms with E-state index in [1.54, 1.807) is 6.26 Å². The summed E-state index contributed by atoms with van der Waals surface area (Å²) in [5, 5.41) is 33.7. The number of amides is 4. The first-order valence-electron chi connectivity index (χ1n) is 9.42. The summed E-state index contributed by atoms with van der Waals surface area (Å²) < 4.78 is 0. The van der Waals surface area contributed by atoms with Crippen LogP contribution >= 0.6 is 11.8 Å². The zero-order valence-electron chi connectivity index (χ0n) is 17.4. The van der Waals surface area contributed by atoms with Crippen LogP contribution in [-0.2, 0) is 28.8 Å². The normalized spacial score (nSPS) is 14.3. The van der Waals surface area contributed by atoms with Crippen LogP contribution in [0.4, 0.5) is 0 Å². The van der Waals surface area contributed by atoms with E-state index < -0.39 is 72.8 Å². The van der Waals surface area contributed by atoms with E-state index in [9.17, 15) is 33.9 Å². The zero-order chi connectivity index (χ0) is 24.8. The number of carboxylic acid groups (broad SMARTS) is 2. The van der Waals surface area contributed by atoms with Gasteiger partial charge in [0.2, 0.25) is 23.6 Å². The number of aliphatic carboxylic acids is 2. The molecule has 0 aromatic carbocycles. The van der Waals surface area contributed by atoms with Gasteiger partial charge in [0.15, 0.2) is 0 Å². The zero-order valence-corrected chi connectivity index (χ0v) is 18.2. The van der Waals surface area contributed by atoms with Crippen molar-refractivity contribution in [2.45, 2.75) is 49.9 Å². The summed E-state index contributed by atoms with van der Waals surface area (Å²) in [6.07, 6.45) is 0.291. The fourth-order valence-electron chi connectivity index (χ4n) is 2.34. The molecule has 0 aliphatic rings. The Balaban J connectivity index is 5.49. The molecule has 0 fully saturated rings. The molecule has 32 heavy (non-hydrogen) atoms.